The zero-order valence-corrected chi connectivity index (χ0v) is 22.4. The molecule has 2 heterocycles. The van der Waals surface area contributed by atoms with Crippen molar-refractivity contribution in [1.29, 1.82) is 0 Å². The summed E-state index contributed by atoms with van der Waals surface area (Å²) in [5, 5.41) is -0.126. The second-order valence-corrected chi connectivity index (χ2v) is 11.3. The largest absolute Gasteiger partial charge is 0.490 e. The molecule has 0 N–H and O–H groups in total. The molecule has 0 atom stereocenters. The van der Waals surface area contributed by atoms with Gasteiger partial charge in [-0.1, -0.05) is 17.7 Å². The van der Waals surface area contributed by atoms with E-state index in [1.165, 1.54) is 42.5 Å². The molecule has 0 spiro atoms. The van der Waals surface area contributed by atoms with Gasteiger partial charge in [-0.05, 0) is 86.0 Å². The van der Waals surface area contributed by atoms with Crippen LogP contribution in [0.25, 0.3) is 6.08 Å². The first-order valence-corrected chi connectivity index (χ1v) is 14.3. The Labute approximate surface area is 224 Å². The van der Waals surface area contributed by atoms with Gasteiger partial charge in [0.1, 0.15) is 11.4 Å². The molecule has 37 heavy (non-hydrogen) atoms. The topological polar surface area (TPSA) is 110 Å². The van der Waals surface area contributed by atoms with E-state index in [-0.39, 0.29) is 40.4 Å². The van der Waals surface area contributed by atoms with Gasteiger partial charge in [-0.15, -0.1) is 0 Å². The zero-order valence-electron chi connectivity index (χ0n) is 20.0. The zero-order chi connectivity index (χ0) is 26.6. The number of benzene rings is 2. The summed E-state index contributed by atoms with van der Waals surface area (Å²) in [6, 6.07) is 10.0. The summed E-state index contributed by atoms with van der Waals surface area (Å²) in [7, 11) is -4.15. The average Bonchev–Trinajstić information content (AvgIpc) is 3.13. The van der Waals surface area contributed by atoms with Crippen LogP contribution in [0.15, 0.2) is 52.3 Å². The number of likely N-dealkylation sites (tertiary alicyclic amines) is 1. The van der Waals surface area contributed by atoms with Crippen LogP contribution < -0.4 is 8.92 Å². The Balaban J connectivity index is 1.52. The van der Waals surface area contributed by atoms with Crippen molar-refractivity contribution in [1.82, 2.24) is 9.80 Å². The monoisotopic (exact) mass is 564 g/mol. The highest BCUT2D eigenvalue weighted by molar-refractivity contribution is 8.18. The van der Waals surface area contributed by atoms with E-state index in [1.807, 2.05) is 0 Å². The summed E-state index contributed by atoms with van der Waals surface area (Å²) in [6.45, 7) is 2.94. The standard InChI is InChI=1S/C25H25ClN2O7S2/c1-2-34-21-14-17(6-11-20(21)35-37(32,33)19-9-7-18(26)8-10-19)15-22-24(30)28(25(31)36-22)16-23(29)27-12-4-3-5-13-27/h6-11,14-15H,2-5,12-13,16H2,1H3/b22-15-. The fourth-order valence-electron chi connectivity index (χ4n) is 3.89. The van der Waals surface area contributed by atoms with Crippen LogP contribution in [0.3, 0.4) is 0 Å². The molecule has 2 aromatic rings. The Kier molecular flexibility index (Phi) is 8.46. The third-order valence-electron chi connectivity index (χ3n) is 5.74. The summed E-state index contributed by atoms with van der Waals surface area (Å²) in [4.78, 5) is 40.6. The van der Waals surface area contributed by atoms with Gasteiger partial charge >= 0.3 is 10.1 Å². The quantitative estimate of drug-likeness (QED) is 0.339. The minimum Gasteiger partial charge on any atom is -0.490 e. The van der Waals surface area contributed by atoms with E-state index in [0.717, 1.165) is 35.9 Å². The molecule has 196 valence electrons. The second kappa shape index (κ2) is 11.6. The number of amides is 3. The molecule has 3 amide bonds. The van der Waals surface area contributed by atoms with E-state index in [4.69, 9.17) is 20.5 Å². The van der Waals surface area contributed by atoms with E-state index in [2.05, 4.69) is 0 Å². The second-order valence-electron chi connectivity index (χ2n) is 8.34. The van der Waals surface area contributed by atoms with Gasteiger partial charge in [0, 0.05) is 18.1 Å². The highest BCUT2D eigenvalue weighted by Gasteiger charge is 2.37. The van der Waals surface area contributed by atoms with Gasteiger partial charge in [0.25, 0.3) is 11.1 Å². The van der Waals surface area contributed by atoms with Crippen molar-refractivity contribution in [3.63, 3.8) is 0 Å². The lowest BCUT2D eigenvalue weighted by molar-refractivity contribution is -0.136. The fraction of sp³-hybridized carbons (Fsp3) is 0.320. The van der Waals surface area contributed by atoms with Crippen molar-refractivity contribution in [2.45, 2.75) is 31.1 Å². The number of carbonyl (C=O) groups is 3. The smallest absolute Gasteiger partial charge is 0.339 e. The van der Waals surface area contributed by atoms with Gasteiger partial charge in [0.15, 0.2) is 11.5 Å². The molecule has 2 fully saturated rings. The highest BCUT2D eigenvalue weighted by Crippen LogP contribution is 2.35. The Hall–Kier alpha value is -3.02. The first-order chi connectivity index (χ1) is 17.7. The number of carbonyl (C=O) groups excluding carboxylic acids is 3. The maximum atomic E-state index is 12.9. The SMILES string of the molecule is CCOc1cc(/C=C2\SC(=O)N(CC(=O)N3CCCCC3)C2=O)ccc1OS(=O)(=O)c1ccc(Cl)cc1. The number of halogens is 1. The maximum absolute atomic E-state index is 12.9. The highest BCUT2D eigenvalue weighted by atomic mass is 35.5. The third kappa shape index (κ3) is 6.46. The Morgan fingerprint density at radius 2 is 1.76 bits per heavy atom. The number of imide groups is 1. The van der Waals surface area contributed by atoms with Gasteiger partial charge in [-0.3, -0.25) is 19.3 Å². The minimum atomic E-state index is -4.15. The molecule has 4 rings (SSSR count). The molecule has 12 heteroatoms. The summed E-state index contributed by atoms with van der Waals surface area (Å²) >= 11 is 6.58. The maximum Gasteiger partial charge on any atom is 0.339 e. The number of piperidine rings is 1. The number of rotatable bonds is 8. The lowest BCUT2D eigenvalue weighted by atomic mass is 10.1. The lowest BCUT2D eigenvalue weighted by Crippen LogP contribution is -2.44. The summed E-state index contributed by atoms with van der Waals surface area (Å²) < 4.78 is 36.3. The van der Waals surface area contributed by atoms with Crippen LogP contribution in [0.1, 0.15) is 31.7 Å². The van der Waals surface area contributed by atoms with Gasteiger partial charge in [0.05, 0.1) is 11.5 Å². The van der Waals surface area contributed by atoms with Crippen molar-refractivity contribution < 1.29 is 31.7 Å². The van der Waals surface area contributed by atoms with Crippen LogP contribution in [-0.4, -0.2) is 61.5 Å². The van der Waals surface area contributed by atoms with Gasteiger partial charge in [0.2, 0.25) is 5.91 Å². The van der Waals surface area contributed by atoms with Crippen LogP contribution in [0.5, 0.6) is 11.5 Å². The van der Waals surface area contributed by atoms with E-state index in [0.29, 0.717) is 23.7 Å². The van der Waals surface area contributed by atoms with E-state index in [1.54, 1.807) is 17.9 Å². The molecule has 0 saturated carbocycles. The molecule has 0 aromatic heterocycles. The molecule has 2 saturated heterocycles. The molecular weight excluding hydrogens is 540 g/mol. The van der Waals surface area contributed by atoms with Crippen molar-refractivity contribution in [2.24, 2.45) is 0 Å². The first kappa shape index (κ1) is 27.0. The summed E-state index contributed by atoms with van der Waals surface area (Å²) in [5.74, 6) is -0.684. The molecule has 9 nitrogen and oxygen atoms in total. The average molecular weight is 565 g/mol. The predicted octanol–water partition coefficient (Wildman–Crippen LogP) is 4.56. The molecule has 0 radical (unpaired) electrons. The van der Waals surface area contributed by atoms with Crippen molar-refractivity contribution in [3.8, 4) is 11.5 Å². The molecule has 2 aliphatic rings. The summed E-state index contributed by atoms with van der Waals surface area (Å²) in [5.41, 5.74) is 0.493. The Morgan fingerprint density at radius 3 is 2.43 bits per heavy atom. The van der Waals surface area contributed by atoms with Gasteiger partial charge in [-0.2, -0.15) is 8.42 Å². The molecule has 2 aromatic carbocycles. The van der Waals surface area contributed by atoms with Crippen molar-refractivity contribution in [3.05, 3.63) is 58.0 Å². The normalized spacial score (nSPS) is 17.4. The Bertz CT molecular complexity index is 1340. The van der Waals surface area contributed by atoms with E-state index < -0.39 is 21.3 Å². The lowest BCUT2D eigenvalue weighted by Gasteiger charge is -2.27. The molecule has 0 bridgehead atoms. The van der Waals surface area contributed by atoms with E-state index >= 15 is 0 Å². The third-order valence-corrected chi connectivity index (χ3v) is 8.15. The molecule has 0 unspecified atom stereocenters. The van der Waals surface area contributed by atoms with Crippen LogP contribution in [0, 0.1) is 0 Å². The predicted molar refractivity (Wildman–Crippen MR) is 140 cm³/mol. The minimum absolute atomic E-state index is 0.0332. The van der Waals surface area contributed by atoms with Crippen LogP contribution in [0.4, 0.5) is 4.79 Å². The van der Waals surface area contributed by atoms with E-state index in [9.17, 15) is 22.8 Å². The molecule has 2 aliphatic heterocycles. The number of hydrogen-bond donors (Lipinski definition) is 0. The van der Waals surface area contributed by atoms with Crippen molar-refractivity contribution in [2.75, 3.05) is 26.2 Å². The first-order valence-electron chi connectivity index (χ1n) is 11.7. The number of thioether (sulfide) groups is 1. The Morgan fingerprint density at radius 1 is 1.05 bits per heavy atom. The number of hydrogen-bond acceptors (Lipinski definition) is 8. The van der Waals surface area contributed by atoms with Crippen molar-refractivity contribution >= 4 is 56.6 Å². The van der Waals surface area contributed by atoms with Crippen LogP contribution >= 0.6 is 23.4 Å². The van der Waals surface area contributed by atoms with Gasteiger partial charge < -0.3 is 13.8 Å². The molecular formula is C25H25ClN2O7S2. The summed E-state index contributed by atoms with van der Waals surface area (Å²) in [6.07, 6.45) is 4.39. The fourth-order valence-corrected chi connectivity index (χ4v) is 5.79. The number of ether oxygens (including phenoxy) is 1. The van der Waals surface area contributed by atoms with Crippen LogP contribution in [0.2, 0.25) is 5.02 Å². The molecule has 0 aliphatic carbocycles. The number of nitrogens with zero attached hydrogens (tertiary/aromatic N) is 2. The van der Waals surface area contributed by atoms with Gasteiger partial charge in [-0.25, -0.2) is 0 Å². The van der Waals surface area contributed by atoms with Crippen LogP contribution in [-0.2, 0) is 19.7 Å².